The zero-order valence-electron chi connectivity index (χ0n) is 44.8. The molecular formula is C61H62ClN7O10. The molecule has 17 nitrogen and oxygen atoms in total. The number of rotatable bonds is 22. The van der Waals surface area contributed by atoms with Gasteiger partial charge in [0.05, 0.1) is 59.5 Å². The number of ether oxygens (including phenoxy) is 6. The van der Waals surface area contributed by atoms with Crippen molar-refractivity contribution < 1.29 is 47.6 Å². The number of methoxy groups -OCH3 is 6. The molecule has 0 fully saturated rings. The maximum absolute atomic E-state index is 12.8. The number of aromatic nitrogens is 4. The number of benzene rings is 6. The molecule has 0 unspecified atom stereocenters. The summed E-state index contributed by atoms with van der Waals surface area (Å²) in [5.74, 6) is 3.60. The number of halogens is 1. The highest BCUT2D eigenvalue weighted by Crippen LogP contribution is 2.23. The average molecular weight is 1090 g/mol. The van der Waals surface area contributed by atoms with Crippen LogP contribution in [0.15, 0.2) is 170 Å². The number of anilines is 2. The lowest BCUT2D eigenvalue weighted by atomic mass is 10.0. The van der Waals surface area contributed by atoms with Crippen LogP contribution in [0.5, 0.6) is 23.0 Å². The molecule has 0 saturated heterocycles. The number of hydrogen-bond donors (Lipinski definition) is 1. The van der Waals surface area contributed by atoms with Crippen molar-refractivity contribution in [3.8, 4) is 23.0 Å². The van der Waals surface area contributed by atoms with Gasteiger partial charge in [0, 0.05) is 68.4 Å². The third-order valence-corrected chi connectivity index (χ3v) is 12.3. The van der Waals surface area contributed by atoms with Gasteiger partial charge in [-0.1, -0.05) is 60.7 Å². The summed E-state index contributed by atoms with van der Waals surface area (Å²) in [5, 5.41) is -0.545. The molecule has 0 spiro atoms. The number of nitrogens with zero attached hydrogens (tertiary/aromatic N) is 6. The summed E-state index contributed by atoms with van der Waals surface area (Å²) >= 11 is 5.21. The van der Waals surface area contributed by atoms with E-state index < -0.39 is 17.2 Å². The van der Waals surface area contributed by atoms with Gasteiger partial charge in [-0.3, -0.25) is 9.59 Å². The normalized spacial score (nSPS) is 10.3. The number of nitrogens with two attached hydrogens (primary N) is 1. The SMILES string of the molecule is COC(=O)c1ccc(C(=O)CCc2ccnc(N(Cc3ccc(OC)cc3)Cc3ccc(OC)cc3)n2)cc1.COC(=O)c1ccc(C(=O)Cl)cc1.COc1ccc(CN(Cc2ccc(OC)cc2)c2nccc(CN)n2)cc1. The molecule has 8 rings (SSSR count). The van der Waals surface area contributed by atoms with Crippen molar-refractivity contribution in [2.45, 2.75) is 45.6 Å². The predicted molar refractivity (Wildman–Crippen MR) is 302 cm³/mol. The summed E-state index contributed by atoms with van der Waals surface area (Å²) in [6.45, 7) is 2.90. The molecular weight excluding hydrogens is 1030 g/mol. The van der Waals surface area contributed by atoms with Crippen LogP contribution in [0, 0.1) is 0 Å². The van der Waals surface area contributed by atoms with E-state index >= 15 is 0 Å². The number of carbonyl (C=O) groups excluding carboxylic acids is 4. The minimum Gasteiger partial charge on any atom is -0.497 e. The number of hydrogen-bond acceptors (Lipinski definition) is 17. The topological polar surface area (TPSA) is 208 Å². The van der Waals surface area contributed by atoms with Crippen LogP contribution in [-0.4, -0.2) is 85.6 Å². The molecule has 0 amide bonds. The minimum atomic E-state index is -0.545. The van der Waals surface area contributed by atoms with E-state index in [1.807, 2.05) is 109 Å². The molecule has 0 aliphatic rings. The second kappa shape index (κ2) is 30.5. The highest BCUT2D eigenvalue weighted by atomic mass is 35.5. The summed E-state index contributed by atoms with van der Waals surface area (Å²) in [4.78, 5) is 68.7. The van der Waals surface area contributed by atoms with E-state index in [9.17, 15) is 19.2 Å². The number of ketones is 1. The van der Waals surface area contributed by atoms with E-state index in [0.717, 1.165) is 56.6 Å². The van der Waals surface area contributed by atoms with Gasteiger partial charge >= 0.3 is 11.9 Å². The van der Waals surface area contributed by atoms with Crippen LogP contribution in [0.4, 0.5) is 11.9 Å². The van der Waals surface area contributed by atoms with Crippen LogP contribution >= 0.6 is 11.6 Å². The predicted octanol–water partition coefficient (Wildman–Crippen LogP) is 10.3. The standard InChI is InChI=1S/C31H31N3O5.C21H24N4O2.C9H7ClO3/c1-37-27-13-4-22(5-14-27)20-34(21-23-6-15-28(38-2)16-7-23)31-32-19-18-26(33-31)12-17-29(35)24-8-10-25(11-9-24)30(36)39-3;1-26-19-7-3-16(4-8-19)14-25(21-23-12-11-18(13-22)24-21)15-17-5-9-20(27-2)10-6-17;1-13-9(12)7-4-2-6(3-5-7)8(10)11/h4-11,13-16,18-19H,12,17,20-21H2,1-3H3;3-12H,13-15,22H2,1-2H3;2-5H,1H3. The van der Waals surface area contributed by atoms with Gasteiger partial charge in [-0.25, -0.2) is 29.5 Å². The Hall–Kier alpha value is -9.19. The largest absolute Gasteiger partial charge is 0.497 e. The molecule has 2 heterocycles. The maximum Gasteiger partial charge on any atom is 0.337 e. The first-order valence-electron chi connectivity index (χ1n) is 24.8. The molecule has 408 valence electrons. The van der Waals surface area contributed by atoms with Gasteiger partial charge in [0.1, 0.15) is 23.0 Å². The highest BCUT2D eigenvalue weighted by molar-refractivity contribution is 6.67. The van der Waals surface area contributed by atoms with Gasteiger partial charge in [-0.15, -0.1) is 0 Å². The van der Waals surface area contributed by atoms with E-state index in [1.165, 1.54) is 38.5 Å². The van der Waals surface area contributed by atoms with Gasteiger partial charge in [-0.2, -0.15) is 0 Å². The average Bonchev–Trinajstić information content (AvgIpc) is 3.51. The Labute approximate surface area is 464 Å². The molecule has 0 aliphatic heterocycles. The minimum absolute atomic E-state index is 0.0279. The van der Waals surface area contributed by atoms with Crippen LogP contribution < -0.4 is 34.5 Å². The van der Waals surface area contributed by atoms with Gasteiger partial charge in [-0.05, 0) is 137 Å². The fraction of sp³-hybridized carbons (Fsp3) is 0.213. The van der Waals surface area contributed by atoms with Crippen molar-refractivity contribution >= 4 is 46.5 Å². The lowest BCUT2D eigenvalue weighted by Gasteiger charge is -2.23. The number of Topliss-reactive ketones (excluding diaryl/α,β-unsaturated/α-hetero) is 1. The van der Waals surface area contributed by atoms with Crippen LogP contribution in [0.1, 0.15) is 81.5 Å². The van der Waals surface area contributed by atoms with Crippen molar-refractivity contribution in [2.24, 2.45) is 5.73 Å². The Morgan fingerprint density at radius 2 is 0.747 bits per heavy atom. The molecule has 2 aromatic heterocycles. The third kappa shape index (κ3) is 18.2. The van der Waals surface area contributed by atoms with Crippen LogP contribution in [0.25, 0.3) is 0 Å². The Balaban J connectivity index is 0.000000217. The third-order valence-electron chi connectivity index (χ3n) is 12.1. The van der Waals surface area contributed by atoms with Gasteiger partial charge in [0.15, 0.2) is 5.78 Å². The zero-order valence-corrected chi connectivity index (χ0v) is 45.6. The summed E-state index contributed by atoms with van der Waals surface area (Å²) in [5.41, 5.74) is 13.5. The molecule has 0 bridgehead atoms. The lowest BCUT2D eigenvalue weighted by Crippen LogP contribution is -2.24. The molecule has 0 atom stereocenters. The van der Waals surface area contributed by atoms with Crippen molar-refractivity contribution in [3.63, 3.8) is 0 Å². The lowest BCUT2D eigenvalue weighted by molar-refractivity contribution is 0.0592. The van der Waals surface area contributed by atoms with E-state index in [1.54, 1.807) is 65.1 Å². The Morgan fingerprint density at radius 1 is 0.430 bits per heavy atom. The number of esters is 2. The van der Waals surface area contributed by atoms with E-state index in [-0.39, 0.29) is 12.2 Å². The van der Waals surface area contributed by atoms with Gasteiger partial charge in [0.25, 0.3) is 5.24 Å². The first-order valence-corrected chi connectivity index (χ1v) is 25.2. The van der Waals surface area contributed by atoms with Crippen molar-refractivity contribution in [1.29, 1.82) is 0 Å². The molecule has 0 radical (unpaired) electrons. The summed E-state index contributed by atoms with van der Waals surface area (Å²) < 4.78 is 30.3. The Kier molecular flexibility index (Phi) is 22.8. The summed E-state index contributed by atoms with van der Waals surface area (Å²) in [6, 6.07) is 47.9. The van der Waals surface area contributed by atoms with Gasteiger partial charge in [0.2, 0.25) is 11.9 Å². The zero-order chi connectivity index (χ0) is 56.5. The smallest absolute Gasteiger partial charge is 0.337 e. The molecule has 0 aliphatic carbocycles. The second-order valence-corrected chi connectivity index (χ2v) is 17.7. The molecule has 18 heteroatoms. The summed E-state index contributed by atoms with van der Waals surface area (Å²) in [7, 11) is 9.24. The van der Waals surface area contributed by atoms with Gasteiger partial charge < -0.3 is 44.0 Å². The highest BCUT2D eigenvalue weighted by Gasteiger charge is 2.16. The van der Waals surface area contributed by atoms with E-state index in [0.29, 0.717) is 73.3 Å². The maximum atomic E-state index is 12.8. The molecule has 6 aromatic carbocycles. The molecule has 8 aromatic rings. The Morgan fingerprint density at radius 3 is 1.06 bits per heavy atom. The fourth-order valence-electron chi connectivity index (χ4n) is 7.68. The van der Waals surface area contributed by atoms with Crippen molar-refractivity contribution in [3.05, 3.63) is 226 Å². The quantitative estimate of drug-likeness (QED) is 0.0380. The first-order chi connectivity index (χ1) is 38.3. The van der Waals surface area contributed by atoms with Crippen LogP contribution in [0.2, 0.25) is 0 Å². The fourth-order valence-corrected chi connectivity index (χ4v) is 7.80. The number of carbonyl (C=O) groups is 4. The second-order valence-electron chi connectivity index (χ2n) is 17.3. The molecule has 0 saturated carbocycles. The van der Waals surface area contributed by atoms with E-state index in [2.05, 4.69) is 29.5 Å². The Bertz CT molecular complexity index is 3100. The number of aryl methyl sites for hydroxylation is 1. The molecule has 2 N–H and O–H groups in total. The van der Waals surface area contributed by atoms with Crippen molar-refractivity contribution in [2.75, 3.05) is 52.5 Å². The first kappa shape index (κ1) is 59.1. The van der Waals surface area contributed by atoms with Crippen molar-refractivity contribution in [1.82, 2.24) is 19.9 Å². The van der Waals surface area contributed by atoms with E-state index in [4.69, 9.17) is 46.0 Å². The monoisotopic (exact) mass is 1090 g/mol. The summed E-state index contributed by atoms with van der Waals surface area (Å²) in [6.07, 6.45) is 4.22. The molecule has 79 heavy (non-hydrogen) atoms. The van der Waals surface area contributed by atoms with Crippen LogP contribution in [0.3, 0.4) is 0 Å². The van der Waals surface area contributed by atoms with Crippen LogP contribution in [-0.2, 0) is 48.6 Å².